The quantitative estimate of drug-likeness (QED) is 0.815. The number of nitrogens with one attached hydrogen (secondary N) is 1. The summed E-state index contributed by atoms with van der Waals surface area (Å²) in [7, 11) is 0. The van der Waals surface area contributed by atoms with Crippen LogP contribution in [0.15, 0.2) is 24.3 Å². The molecular weight excluding hydrogens is 200 g/mol. The maximum Gasteiger partial charge on any atom is 0.387 e. The van der Waals surface area contributed by atoms with E-state index in [1.807, 2.05) is 19.9 Å². The van der Waals surface area contributed by atoms with Crippen LogP contribution in [0.4, 0.5) is 8.78 Å². The maximum atomic E-state index is 12.1. The Balaban J connectivity index is 2.85. The molecule has 15 heavy (non-hydrogen) atoms. The van der Waals surface area contributed by atoms with Crippen molar-refractivity contribution in [2.45, 2.75) is 26.5 Å². The van der Waals surface area contributed by atoms with Crippen LogP contribution in [0.3, 0.4) is 0 Å². The molecule has 0 saturated heterocycles. The molecule has 0 saturated carbocycles. The molecule has 0 fully saturated rings. The van der Waals surface area contributed by atoms with Crippen LogP contribution in [-0.4, -0.2) is 13.2 Å². The fourth-order valence-corrected chi connectivity index (χ4v) is 1.46. The van der Waals surface area contributed by atoms with Crippen LogP contribution in [0.2, 0.25) is 0 Å². The van der Waals surface area contributed by atoms with Gasteiger partial charge in [0.05, 0.1) is 0 Å². The van der Waals surface area contributed by atoms with Crippen LogP contribution in [0.25, 0.3) is 0 Å². The second-order valence-electron chi connectivity index (χ2n) is 3.20. The van der Waals surface area contributed by atoms with E-state index in [0.29, 0.717) is 0 Å². The molecule has 1 aromatic rings. The first-order chi connectivity index (χ1) is 7.15. The molecule has 1 N–H and O–H groups in total. The molecule has 84 valence electrons. The molecule has 1 atom stereocenters. The molecule has 1 rings (SSSR count). The molecule has 0 heterocycles. The topological polar surface area (TPSA) is 21.3 Å². The first-order valence-corrected chi connectivity index (χ1v) is 4.92. The van der Waals surface area contributed by atoms with Gasteiger partial charge in [0.25, 0.3) is 0 Å². The van der Waals surface area contributed by atoms with Gasteiger partial charge in [-0.25, -0.2) is 0 Å². The summed E-state index contributed by atoms with van der Waals surface area (Å²) >= 11 is 0. The van der Waals surface area contributed by atoms with Crippen molar-refractivity contribution < 1.29 is 13.5 Å². The number of alkyl halides is 2. The maximum absolute atomic E-state index is 12.1. The number of hydrogen-bond acceptors (Lipinski definition) is 2. The number of ether oxygens (including phenoxy) is 1. The highest BCUT2D eigenvalue weighted by Crippen LogP contribution is 2.25. The normalized spacial score (nSPS) is 12.9. The molecule has 0 aliphatic carbocycles. The van der Waals surface area contributed by atoms with Gasteiger partial charge < -0.3 is 10.1 Å². The van der Waals surface area contributed by atoms with E-state index in [9.17, 15) is 8.78 Å². The fourth-order valence-electron chi connectivity index (χ4n) is 1.46. The number of rotatable bonds is 5. The van der Waals surface area contributed by atoms with Crippen LogP contribution in [0.1, 0.15) is 25.5 Å². The number of para-hydroxylation sites is 1. The molecule has 0 amide bonds. The van der Waals surface area contributed by atoms with Gasteiger partial charge in [0.1, 0.15) is 5.75 Å². The minimum Gasteiger partial charge on any atom is -0.434 e. The van der Waals surface area contributed by atoms with Crippen LogP contribution < -0.4 is 10.1 Å². The Hall–Kier alpha value is -1.16. The molecule has 0 unspecified atom stereocenters. The standard InChI is InChI=1S/C11H15F2NO/c1-3-14-8(2)9-6-4-5-7-10(9)15-11(12)13/h4-8,11,14H,3H2,1-2H3/t8-/m1/s1. The van der Waals surface area contributed by atoms with E-state index in [2.05, 4.69) is 10.1 Å². The summed E-state index contributed by atoms with van der Waals surface area (Å²) in [5.74, 6) is 0.237. The van der Waals surface area contributed by atoms with E-state index in [1.54, 1.807) is 18.2 Å². The van der Waals surface area contributed by atoms with Gasteiger partial charge in [0, 0.05) is 11.6 Å². The first-order valence-electron chi connectivity index (χ1n) is 4.92. The first kappa shape index (κ1) is 11.9. The molecule has 1 aromatic carbocycles. The van der Waals surface area contributed by atoms with E-state index in [1.165, 1.54) is 0 Å². The Morgan fingerprint density at radius 2 is 2.00 bits per heavy atom. The van der Waals surface area contributed by atoms with Crippen molar-refractivity contribution in [3.05, 3.63) is 29.8 Å². The third kappa shape index (κ3) is 3.47. The molecule has 0 spiro atoms. The highest BCUT2D eigenvalue weighted by molar-refractivity contribution is 5.35. The summed E-state index contributed by atoms with van der Waals surface area (Å²) in [4.78, 5) is 0. The number of benzene rings is 1. The molecule has 0 bridgehead atoms. The zero-order chi connectivity index (χ0) is 11.3. The highest BCUT2D eigenvalue weighted by atomic mass is 19.3. The van der Waals surface area contributed by atoms with Crippen molar-refractivity contribution in [1.29, 1.82) is 0 Å². The predicted octanol–water partition coefficient (Wildman–Crippen LogP) is 2.96. The second kappa shape index (κ2) is 5.66. The van der Waals surface area contributed by atoms with Gasteiger partial charge >= 0.3 is 6.61 Å². The largest absolute Gasteiger partial charge is 0.434 e. The van der Waals surface area contributed by atoms with Crippen LogP contribution >= 0.6 is 0 Å². The van der Waals surface area contributed by atoms with E-state index in [4.69, 9.17) is 0 Å². The lowest BCUT2D eigenvalue weighted by Crippen LogP contribution is -2.19. The SMILES string of the molecule is CCN[C@H](C)c1ccccc1OC(F)F. The Labute approximate surface area is 88.3 Å². The summed E-state index contributed by atoms with van der Waals surface area (Å²) < 4.78 is 28.7. The van der Waals surface area contributed by atoms with Crippen molar-refractivity contribution in [2.75, 3.05) is 6.54 Å². The molecule has 0 radical (unpaired) electrons. The van der Waals surface area contributed by atoms with E-state index in [0.717, 1.165) is 12.1 Å². The Kier molecular flexibility index (Phi) is 4.49. The van der Waals surface area contributed by atoms with Gasteiger partial charge in [-0.2, -0.15) is 8.78 Å². The zero-order valence-electron chi connectivity index (χ0n) is 8.84. The lowest BCUT2D eigenvalue weighted by molar-refractivity contribution is -0.0506. The Morgan fingerprint density at radius 3 is 2.60 bits per heavy atom. The summed E-state index contributed by atoms with van der Waals surface area (Å²) in [6.07, 6.45) is 0. The monoisotopic (exact) mass is 215 g/mol. The lowest BCUT2D eigenvalue weighted by Gasteiger charge is -2.16. The molecular formula is C11H15F2NO. The second-order valence-corrected chi connectivity index (χ2v) is 3.20. The average Bonchev–Trinajstić information content (AvgIpc) is 2.18. The number of hydrogen-bond donors (Lipinski definition) is 1. The summed E-state index contributed by atoms with van der Waals surface area (Å²) in [5, 5.41) is 3.15. The molecule has 4 heteroatoms. The zero-order valence-corrected chi connectivity index (χ0v) is 8.84. The van der Waals surface area contributed by atoms with Gasteiger partial charge in [-0.15, -0.1) is 0 Å². The van der Waals surface area contributed by atoms with Crippen LogP contribution in [0.5, 0.6) is 5.75 Å². The van der Waals surface area contributed by atoms with Crippen molar-refractivity contribution >= 4 is 0 Å². The van der Waals surface area contributed by atoms with Crippen LogP contribution in [0, 0.1) is 0 Å². The van der Waals surface area contributed by atoms with E-state index >= 15 is 0 Å². The van der Waals surface area contributed by atoms with E-state index in [-0.39, 0.29) is 11.8 Å². The van der Waals surface area contributed by atoms with E-state index < -0.39 is 6.61 Å². The summed E-state index contributed by atoms with van der Waals surface area (Å²) in [6.45, 7) is 1.88. The summed E-state index contributed by atoms with van der Waals surface area (Å²) in [5.41, 5.74) is 0.750. The third-order valence-electron chi connectivity index (χ3n) is 2.11. The fraction of sp³-hybridized carbons (Fsp3) is 0.455. The van der Waals surface area contributed by atoms with Gasteiger partial charge in [0.15, 0.2) is 0 Å². The van der Waals surface area contributed by atoms with Crippen molar-refractivity contribution in [1.82, 2.24) is 5.32 Å². The van der Waals surface area contributed by atoms with Gasteiger partial charge in [-0.05, 0) is 19.5 Å². The van der Waals surface area contributed by atoms with Crippen molar-refractivity contribution in [2.24, 2.45) is 0 Å². The minimum atomic E-state index is -2.78. The molecule has 0 aliphatic heterocycles. The lowest BCUT2D eigenvalue weighted by atomic mass is 10.1. The predicted molar refractivity (Wildman–Crippen MR) is 55.2 cm³/mol. The van der Waals surface area contributed by atoms with Gasteiger partial charge in [0.2, 0.25) is 0 Å². The Morgan fingerprint density at radius 1 is 1.33 bits per heavy atom. The van der Waals surface area contributed by atoms with Crippen molar-refractivity contribution in [3.63, 3.8) is 0 Å². The number of halogens is 2. The van der Waals surface area contributed by atoms with Gasteiger partial charge in [-0.3, -0.25) is 0 Å². The summed E-state index contributed by atoms with van der Waals surface area (Å²) in [6, 6.07) is 6.83. The molecule has 0 aromatic heterocycles. The highest BCUT2D eigenvalue weighted by Gasteiger charge is 2.13. The average molecular weight is 215 g/mol. The minimum absolute atomic E-state index is 0.00458. The van der Waals surface area contributed by atoms with Crippen LogP contribution in [-0.2, 0) is 0 Å². The van der Waals surface area contributed by atoms with Crippen molar-refractivity contribution in [3.8, 4) is 5.75 Å². The Bertz CT molecular complexity index is 304. The molecule has 2 nitrogen and oxygen atoms in total. The van der Waals surface area contributed by atoms with Gasteiger partial charge in [-0.1, -0.05) is 25.1 Å². The molecule has 0 aliphatic rings. The smallest absolute Gasteiger partial charge is 0.387 e. The third-order valence-corrected chi connectivity index (χ3v) is 2.11.